The third-order valence-corrected chi connectivity index (χ3v) is 6.58. The summed E-state index contributed by atoms with van der Waals surface area (Å²) in [7, 11) is 2.21. The summed E-state index contributed by atoms with van der Waals surface area (Å²) in [4.78, 5) is 18.0. The van der Waals surface area contributed by atoms with Crippen molar-refractivity contribution in [1.29, 1.82) is 0 Å². The van der Waals surface area contributed by atoms with Crippen LogP contribution in [0.2, 0.25) is 0 Å². The lowest BCUT2D eigenvalue weighted by Crippen LogP contribution is -2.35. The molecule has 0 bridgehead atoms. The van der Waals surface area contributed by atoms with Gasteiger partial charge in [-0.05, 0) is 63.7 Å². The SMILES string of the molecule is CCCCc1oc2ccccc2c1C(=O)N1CCC(C2CCN(C)CC2)C1. The molecular formula is C23H32N2O2. The van der Waals surface area contributed by atoms with Crippen LogP contribution in [0, 0.1) is 11.8 Å². The number of amides is 1. The quantitative estimate of drug-likeness (QED) is 0.775. The molecule has 2 aliphatic heterocycles. The van der Waals surface area contributed by atoms with Crippen molar-refractivity contribution in [3.63, 3.8) is 0 Å². The Bertz CT molecular complexity index is 789. The molecule has 4 rings (SSSR count). The third kappa shape index (κ3) is 3.77. The summed E-state index contributed by atoms with van der Waals surface area (Å²) in [5, 5.41) is 0.983. The lowest BCUT2D eigenvalue weighted by atomic mass is 9.84. The molecule has 0 saturated carbocycles. The van der Waals surface area contributed by atoms with E-state index < -0.39 is 0 Å². The van der Waals surface area contributed by atoms with Crippen molar-refractivity contribution < 1.29 is 9.21 Å². The summed E-state index contributed by atoms with van der Waals surface area (Å²) in [6.07, 6.45) is 6.71. The summed E-state index contributed by atoms with van der Waals surface area (Å²) in [6, 6.07) is 8.00. The Balaban J connectivity index is 1.52. The van der Waals surface area contributed by atoms with Crippen molar-refractivity contribution >= 4 is 16.9 Å². The predicted octanol–water partition coefficient (Wildman–Crippen LogP) is 4.58. The number of nitrogens with zero attached hydrogens (tertiary/aromatic N) is 2. The van der Waals surface area contributed by atoms with Crippen LogP contribution in [0.1, 0.15) is 55.1 Å². The number of fused-ring (bicyclic) bond motifs is 1. The highest BCUT2D eigenvalue weighted by atomic mass is 16.3. The van der Waals surface area contributed by atoms with Crippen LogP contribution in [-0.4, -0.2) is 48.9 Å². The van der Waals surface area contributed by atoms with E-state index in [9.17, 15) is 4.79 Å². The number of likely N-dealkylation sites (tertiary alicyclic amines) is 2. The second-order valence-electron chi connectivity index (χ2n) is 8.44. The van der Waals surface area contributed by atoms with Crippen molar-refractivity contribution in [2.45, 2.75) is 45.4 Å². The van der Waals surface area contributed by atoms with Gasteiger partial charge in [0.2, 0.25) is 0 Å². The summed E-state index contributed by atoms with van der Waals surface area (Å²) in [6.45, 7) is 6.38. The Morgan fingerprint density at radius 2 is 1.85 bits per heavy atom. The Hall–Kier alpha value is -1.81. The number of aryl methyl sites for hydroxylation is 1. The molecule has 1 unspecified atom stereocenters. The number of hydrogen-bond donors (Lipinski definition) is 0. The van der Waals surface area contributed by atoms with Gasteiger partial charge in [0.05, 0.1) is 5.56 Å². The Morgan fingerprint density at radius 1 is 1.11 bits per heavy atom. The van der Waals surface area contributed by atoms with Gasteiger partial charge in [-0.2, -0.15) is 0 Å². The summed E-state index contributed by atoms with van der Waals surface area (Å²) in [5.74, 6) is 2.51. The van der Waals surface area contributed by atoms with Crippen LogP contribution in [0.5, 0.6) is 0 Å². The first-order chi connectivity index (χ1) is 13.2. The van der Waals surface area contributed by atoms with Gasteiger partial charge in [-0.25, -0.2) is 0 Å². The molecule has 0 spiro atoms. The van der Waals surface area contributed by atoms with E-state index in [2.05, 4.69) is 23.8 Å². The van der Waals surface area contributed by atoms with Gasteiger partial charge >= 0.3 is 0 Å². The topological polar surface area (TPSA) is 36.7 Å². The van der Waals surface area contributed by atoms with Gasteiger partial charge in [0.1, 0.15) is 11.3 Å². The highest BCUT2D eigenvalue weighted by molar-refractivity contribution is 6.07. The molecule has 0 N–H and O–H groups in total. The van der Waals surface area contributed by atoms with Gasteiger partial charge < -0.3 is 14.2 Å². The molecule has 1 aromatic carbocycles. The van der Waals surface area contributed by atoms with Crippen LogP contribution < -0.4 is 0 Å². The number of hydrogen-bond acceptors (Lipinski definition) is 3. The van der Waals surface area contributed by atoms with E-state index in [1.807, 2.05) is 24.3 Å². The van der Waals surface area contributed by atoms with Gasteiger partial charge in [-0.1, -0.05) is 31.5 Å². The van der Waals surface area contributed by atoms with Crippen LogP contribution in [0.25, 0.3) is 11.0 Å². The minimum absolute atomic E-state index is 0.182. The fourth-order valence-corrected chi connectivity index (χ4v) is 4.86. The summed E-state index contributed by atoms with van der Waals surface area (Å²) < 4.78 is 6.08. The van der Waals surface area contributed by atoms with Gasteiger partial charge in [0, 0.05) is 24.9 Å². The lowest BCUT2D eigenvalue weighted by Gasteiger charge is -2.32. The standard InChI is InChI=1S/C23H32N2O2/c1-3-4-8-21-22(19-7-5-6-9-20(19)27-21)23(26)25-15-12-18(16-25)17-10-13-24(2)14-11-17/h5-7,9,17-18H,3-4,8,10-16H2,1-2H3. The van der Waals surface area contributed by atoms with Crippen LogP contribution in [0.3, 0.4) is 0 Å². The fourth-order valence-electron chi connectivity index (χ4n) is 4.86. The largest absolute Gasteiger partial charge is 0.460 e. The third-order valence-electron chi connectivity index (χ3n) is 6.58. The van der Waals surface area contributed by atoms with Crippen molar-refractivity contribution in [3.8, 4) is 0 Å². The van der Waals surface area contributed by atoms with E-state index in [1.54, 1.807) is 0 Å². The normalized spacial score (nSPS) is 22.0. The van der Waals surface area contributed by atoms with Crippen molar-refractivity contribution in [1.82, 2.24) is 9.80 Å². The maximum Gasteiger partial charge on any atom is 0.258 e. The van der Waals surface area contributed by atoms with Crippen LogP contribution >= 0.6 is 0 Å². The van der Waals surface area contributed by atoms with E-state index in [1.165, 1.54) is 25.9 Å². The van der Waals surface area contributed by atoms with Crippen molar-refractivity contribution in [3.05, 3.63) is 35.6 Å². The summed E-state index contributed by atoms with van der Waals surface area (Å²) >= 11 is 0. The number of carbonyl (C=O) groups is 1. The van der Waals surface area contributed by atoms with Gasteiger partial charge in [0.25, 0.3) is 5.91 Å². The number of rotatable bonds is 5. The molecule has 2 fully saturated rings. The average Bonchev–Trinajstić information content (AvgIpc) is 3.31. The molecule has 0 aliphatic carbocycles. The molecule has 2 aromatic rings. The minimum atomic E-state index is 0.182. The molecule has 1 atom stereocenters. The highest BCUT2D eigenvalue weighted by Gasteiger charge is 2.35. The van der Waals surface area contributed by atoms with Crippen LogP contribution in [-0.2, 0) is 6.42 Å². The monoisotopic (exact) mass is 368 g/mol. The molecule has 3 heterocycles. The zero-order valence-electron chi connectivity index (χ0n) is 16.7. The first kappa shape index (κ1) is 18.5. The Morgan fingerprint density at radius 3 is 2.63 bits per heavy atom. The number of furan rings is 1. The lowest BCUT2D eigenvalue weighted by molar-refractivity contribution is 0.0775. The zero-order chi connectivity index (χ0) is 18.8. The van der Waals surface area contributed by atoms with Gasteiger partial charge in [0.15, 0.2) is 0 Å². The van der Waals surface area contributed by atoms with Gasteiger partial charge in [-0.3, -0.25) is 4.79 Å². The van der Waals surface area contributed by atoms with E-state index in [0.717, 1.165) is 67.0 Å². The molecule has 27 heavy (non-hydrogen) atoms. The minimum Gasteiger partial charge on any atom is -0.460 e. The van der Waals surface area contributed by atoms with Crippen molar-refractivity contribution in [2.75, 3.05) is 33.2 Å². The van der Waals surface area contributed by atoms with E-state index in [-0.39, 0.29) is 5.91 Å². The number of unbranched alkanes of at least 4 members (excludes halogenated alkanes) is 1. The molecule has 2 saturated heterocycles. The Kier molecular flexibility index (Phi) is 5.53. The van der Waals surface area contributed by atoms with E-state index in [0.29, 0.717) is 5.92 Å². The zero-order valence-corrected chi connectivity index (χ0v) is 16.7. The predicted molar refractivity (Wildman–Crippen MR) is 109 cm³/mol. The Labute approximate surface area is 162 Å². The molecule has 1 amide bonds. The molecule has 2 aliphatic rings. The second kappa shape index (κ2) is 8.05. The number of benzene rings is 1. The molecule has 1 aromatic heterocycles. The number of carbonyl (C=O) groups excluding carboxylic acids is 1. The molecule has 4 heteroatoms. The van der Waals surface area contributed by atoms with Crippen LogP contribution in [0.4, 0.5) is 0 Å². The summed E-state index contributed by atoms with van der Waals surface area (Å²) in [5.41, 5.74) is 1.67. The first-order valence-electron chi connectivity index (χ1n) is 10.7. The van der Waals surface area contributed by atoms with Gasteiger partial charge in [-0.15, -0.1) is 0 Å². The molecular weight excluding hydrogens is 336 g/mol. The molecule has 4 nitrogen and oxygen atoms in total. The second-order valence-corrected chi connectivity index (χ2v) is 8.44. The van der Waals surface area contributed by atoms with E-state index in [4.69, 9.17) is 4.42 Å². The van der Waals surface area contributed by atoms with Crippen molar-refractivity contribution in [2.24, 2.45) is 11.8 Å². The maximum absolute atomic E-state index is 13.4. The molecule has 146 valence electrons. The van der Waals surface area contributed by atoms with E-state index >= 15 is 0 Å². The first-order valence-corrected chi connectivity index (χ1v) is 10.7. The average molecular weight is 369 g/mol. The highest BCUT2D eigenvalue weighted by Crippen LogP contribution is 2.34. The number of piperidine rings is 1. The molecule has 0 radical (unpaired) electrons. The van der Waals surface area contributed by atoms with Crippen LogP contribution in [0.15, 0.2) is 28.7 Å². The fraction of sp³-hybridized carbons (Fsp3) is 0.609. The number of para-hydroxylation sites is 1. The smallest absolute Gasteiger partial charge is 0.258 e. The maximum atomic E-state index is 13.4.